The number of fused-ring (bicyclic) bond motifs is 4. The van der Waals surface area contributed by atoms with Gasteiger partial charge < -0.3 is 0 Å². The van der Waals surface area contributed by atoms with Crippen LogP contribution in [0, 0.1) is 36.2 Å². The smallest absolute Gasteiger partial charge is 0.167 e. The lowest BCUT2D eigenvalue weighted by Crippen LogP contribution is -2.14. The van der Waals surface area contributed by atoms with Crippen LogP contribution < -0.4 is 0 Å². The van der Waals surface area contributed by atoms with Crippen LogP contribution in [-0.2, 0) is 6.42 Å². The highest BCUT2D eigenvalue weighted by molar-refractivity contribution is 6.03. The summed E-state index contributed by atoms with van der Waals surface area (Å²) in [6.07, 6.45) is 8.28. The molecule has 2 aromatic rings. The SMILES string of the molecule is C=CC1CCC(CCc2ccc3c(c2F)-c2c-3cc(C)c(F)c2F)CC1. The van der Waals surface area contributed by atoms with Crippen LogP contribution >= 0.6 is 0 Å². The van der Waals surface area contributed by atoms with Gasteiger partial charge in [0.1, 0.15) is 5.82 Å². The van der Waals surface area contributed by atoms with Crippen LogP contribution in [0.1, 0.15) is 43.2 Å². The molecule has 1 fully saturated rings. The Hall–Kier alpha value is -2.03. The van der Waals surface area contributed by atoms with Crippen molar-refractivity contribution in [3.8, 4) is 22.3 Å². The lowest BCUT2D eigenvalue weighted by atomic mass is 9.76. The zero-order chi connectivity index (χ0) is 18.4. The predicted molar refractivity (Wildman–Crippen MR) is 99.4 cm³/mol. The second-order valence-corrected chi connectivity index (χ2v) is 7.76. The zero-order valence-electron chi connectivity index (χ0n) is 15.0. The Morgan fingerprint density at radius 2 is 1.65 bits per heavy atom. The summed E-state index contributed by atoms with van der Waals surface area (Å²) in [7, 11) is 0. The molecule has 0 nitrogen and oxygen atoms in total. The molecule has 0 aliphatic heterocycles. The fraction of sp³-hybridized carbons (Fsp3) is 0.391. The fourth-order valence-corrected chi connectivity index (χ4v) is 4.50. The summed E-state index contributed by atoms with van der Waals surface area (Å²) in [5, 5.41) is 0. The van der Waals surface area contributed by atoms with Crippen molar-refractivity contribution in [1.82, 2.24) is 0 Å². The minimum absolute atomic E-state index is 0.106. The van der Waals surface area contributed by atoms with Crippen molar-refractivity contribution >= 4 is 0 Å². The molecule has 0 atom stereocenters. The number of aryl methyl sites for hydroxylation is 2. The van der Waals surface area contributed by atoms with E-state index in [-0.39, 0.29) is 22.5 Å². The van der Waals surface area contributed by atoms with Crippen LogP contribution in [0.5, 0.6) is 0 Å². The van der Waals surface area contributed by atoms with Crippen molar-refractivity contribution in [2.24, 2.45) is 11.8 Å². The number of benzene rings is 2. The van der Waals surface area contributed by atoms with E-state index in [0.717, 1.165) is 32.1 Å². The quantitative estimate of drug-likeness (QED) is 0.442. The lowest BCUT2D eigenvalue weighted by Gasteiger charge is -2.28. The number of hydrogen-bond acceptors (Lipinski definition) is 0. The van der Waals surface area contributed by atoms with Gasteiger partial charge in [-0.05, 0) is 85.6 Å². The van der Waals surface area contributed by atoms with E-state index >= 15 is 0 Å². The van der Waals surface area contributed by atoms with Crippen molar-refractivity contribution < 1.29 is 13.2 Å². The Labute approximate surface area is 152 Å². The van der Waals surface area contributed by atoms with Crippen LogP contribution in [-0.4, -0.2) is 0 Å². The molecule has 2 aliphatic rings. The number of hydrogen-bond donors (Lipinski definition) is 0. The highest BCUT2D eigenvalue weighted by Gasteiger charge is 2.33. The maximum atomic E-state index is 15.0. The first-order valence-electron chi connectivity index (χ1n) is 9.44. The van der Waals surface area contributed by atoms with Gasteiger partial charge in [-0.1, -0.05) is 18.2 Å². The molecule has 0 unspecified atom stereocenters. The maximum absolute atomic E-state index is 15.0. The summed E-state index contributed by atoms with van der Waals surface area (Å²) in [5.74, 6) is -0.945. The third-order valence-corrected chi connectivity index (χ3v) is 6.20. The molecule has 0 amide bonds. The summed E-state index contributed by atoms with van der Waals surface area (Å²) >= 11 is 0. The van der Waals surface area contributed by atoms with E-state index in [2.05, 4.69) is 6.58 Å². The lowest BCUT2D eigenvalue weighted by molar-refractivity contribution is 0.295. The second-order valence-electron chi connectivity index (χ2n) is 7.76. The van der Waals surface area contributed by atoms with Gasteiger partial charge in [-0.15, -0.1) is 6.58 Å². The van der Waals surface area contributed by atoms with Gasteiger partial charge in [0, 0.05) is 11.1 Å². The number of allylic oxidation sites excluding steroid dienone is 1. The summed E-state index contributed by atoms with van der Waals surface area (Å²) in [6.45, 7) is 5.40. The first kappa shape index (κ1) is 17.4. The Kier molecular flexibility index (Phi) is 4.42. The molecule has 0 bridgehead atoms. The molecule has 1 saturated carbocycles. The molecular formula is C23H23F3. The van der Waals surface area contributed by atoms with Crippen LogP contribution in [0.3, 0.4) is 0 Å². The highest BCUT2D eigenvalue weighted by atomic mass is 19.2. The monoisotopic (exact) mass is 356 g/mol. The first-order valence-corrected chi connectivity index (χ1v) is 9.44. The minimum atomic E-state index is -0.925. The zero-order valence-corrected chi connectivity index (χ0v) is 15.0. The van der Waals surface area contributed by atoms with Gasteiger partial charge in [-0.3, -0.25) is 0 Å². The topological polar surface area (TPSA) is 0 Å². The van der Waals surface area contributed by atoms with Gasteiger partial charge in [0.15, 0.2) is 11.6 Å². The van der Waals surface area contributed by atoms with Crippen LogP contribution in [0.25, 0.3) is 22.3 Å². The van der Waals surface area contributed by atoms with Crippen molar-refractivity contribution in [3.63, 3.8) is 0 Å². The molecule has 0 saturated heterocycles. The van der Waals surface area contributed by atoms with E-state index in [1.807, 2.05) is 18.2 Å². The molecule has 0 spiro atoms. The van der Waals surface area contributed by atoms with Crippen LogP contribution in [0.2, 0.25) is 0 Å². The van der Waals surface area contributed by atoms with Gasteiger partial charge in [-0.2, -0.15) is 0 Å². The Morgan fingerprint density at radius 1 is 0.962 bits per heavy atom. The Bertz CT molecular complexity index is 874. The fourth-order valence-electron chi connectivity index (χ4n) is 4.50. The first-order chi connectivity index (χ1) is 12.5. The predicted octanol–water partition coefficient (Wildman–Crippen LogP) is 6.98. The average Bonchev–Trinajstić information content (AvgIpc) is 2.64. The molecule has 0 radical (unpaired) electrons. The van der Waals surface area contributed by atoms with Gasteiger partial charge in [-0.25, -0.2) is 13.2 Å². The van der Waals surface area contributed by atoms with Crippen LogP contribution in [0.15, 0.2) is 30.9 Å². The molecule has 0 aromatic heterocycles. The molecular weight excluding hydrogens is 333 g/mol. The molecule has 2 aromatic carbocycles. The molecule has 2 aliphatic carbocycles. The van der Waals surface area contributed by atoms with Gasteiger partial charge in [0.05, 0.1) is 0 Å². The number of rotatable bonds is 4. The summed E-state index contributed by atoms with van der Waals surface area (Å²) in [6, 6.07) is 5.26. The van der Waals surface area contributed by atoms with E-state index < -0.39 is 11.6 Å². The Balaban J connectivity index is 1.53. The normalized spacial score (nSPS) is 20.9. The van der Waals surface area contributed by atoms with Crippen molar-refractivity contribution in [3.05, 3.63) is 59.4 Å². The van der Waals surface area contributed by atoms with E-state index in [1.165, 1.54) is 6.92 Å². The summed E-state index contributed by atoms with van der Waals surface area (Å²) in [5.41, 5.74) is 2.53. The van der Waals surface area contributed by atoms with E-state index in [1.54, 1.807) is 6.07 Å². The largest absolute Gasteiger partial charge is 0.206 e. The molecule has 0 heterocycles. The van der Waals surface area contributed by atoms with E-state index in [4.69, 9.17) is 0 Å². The molecule has 136 valence electrons. The summed E-state index contributed by atoms with van der Waals surface area (Å²) < 4.78 is 43.1. The van der Waals surface area contributed by atoms with Crippen molar-refractivity contribution in [1.29, 1.82) is 0 Å². The van der Waals surface area contributed by atoms with Gasteiger partial charge >= 0.3 is 0 Å². The standard InChI is InChI=1S/C23H23F3/c1-3-14-4-6-15(7-5-14)8-9-16-10-11-17-18-12-13(2)21(24)23(26)20(18)19(17)22(16)25/h3,10-12,14-15H,1,4-9H2,2H3. The van der Waals surface area contributed by atoms with Crippen molar-refractivity contribution in [2.75, 3.05) is 0 Å². The van der Waals surface area contributed by atoms with Crippen molar-refractivity contribution in [2.45, 2.75) is 45.4 Å². The van der Waals surface area contributed by atoms with Gasteiger partial charge in [0.2, 0.25) is 0 Å². The van der Waals surface area contributed by atoms with E-state index in [0.29, 0.717) is 34.9 Å². The molecule has 0 N–H and O–H groups in total. The van der Waals surface area contributed by atoms with Crippen LogP contribution in [0.4, 0.5) is 13.2 Å². The maximum Gasteiger partial charge on any atom is 0.167 e. The number of halogens is 3. The molecule has 4 rings (SSSR count). The Morgan fingerprint density at radius 3 is 2.35 bits per heavy atom. The minimum Gasteiger partial charge on any atom is -0.206 e. The van der Waals surface area contributed by atoms with E-state index in [9.17, 15) is 13.2 Å². The molecule has 26 heavy (non-hydrogen) atoms. The van der Waals surface area contributed by atoms with Gasteiger partial charge in [0.25, 0.3) is 0 Å². The second kappa shape index (κ2) is 6.61. The third-order valence-electron chi connectivity index (χ3n) is 6.20. The summed E-state index contributed by atoms with van der Waals surface area (Å²) in [4.78, 5) is 0. The molecule has 3 heteroatoms. The average molecular weight is 356 g/mol. The highest BCUT2D eigenvalue weighted by Crippen LogP contribution is 2.51. The third kappa shape index (κ3) is 2.69.